The summed E-state index contributed by atoms with van der Waals surface area (Å²) < 4.78 is 20.3. The molecule has 16 nitrogen and oxygen atoms in total. The molecule has 4 aliphatic rings. The van der Waals surface area contributed by atoms with Crippen molar-refractivity contribution in [2.24, 2.45) is 5.92 Å². The number of nitrogens with one attached hydrogen (secondary N) is 4. The molecule has 0 unspecified atom stereocenters. The molecule has 2 aromatic rings. The molecule has 7 atom stereocenters. The fraction of sp³-hybridized carbons (Fsp3) is 0.525. The molecule has 7 amide bonds. The molecule has 18 heteroatoms. The number of amides is 7. The lowest BCUT2D eigenvalue weighted by molar-refractivity contribution is -0.158. The molecular formula is C40H50ClFN8O8. The van der Waals surface area contributed by atoms with E-state index in [1.165, 1.54) is 33.8 Å². The van der Waals surface area contributed by atoms with Crippen molar-refractivity contribution in [1.82, 2.24) is 35.6 Å². The first kappa shape index (κ1) is 42.3. The first-order chi connectivity index (χ1) is 27.6. The Bertz CT molecular complexity index is 1950. The standard InChI is InChI=1S/C40H50ClFN8O8/c1-22-7-5-8-25(15-22)17-29(46-40(57)45-28-11-10-26(41)18-27(28)42)34(51)44-30-21-58-39(56)32-16-23(2)19-50(32)36(53)24(3)43-35(52)33-20-47(4)13-14-49(33)38(55)31-9-6-12-48(31)37(30)54/h5,7-8,10-11,15,18,23-24,29-33H,6,9,12-14,16-17,19-21H2,1-4H3,(H,43,52)(H,44,51)(H2,45,46,57)/t23-,24+,29+,30+,31+,32+,33+/m1/s1. The SMILES string of the molecule is Cc1cccc(C[C@H](NC(=O)Nc2ccc(Cl)cc2F)C(=O)N[C@H]2COC(=O)[C@@H]3C[C@@H](C)CN3C(=O)[C@H](C)NC(=O)[C@@H]3CN(C)CCN3C(=O)[C@@H]3CCCN3C2=O)c1. The lowest BCUT2D eigenvalue weighted by Crippen LogP contribution is -2.65. The maximum atomic E-state index is 14.6. The molecule has 0 bridgehead atoms. The zero-order chi connectivity index (χ0) is 41.8. The van der Waals surface area contributed by atoms with Gasteiger partial charge in [-0.05, 0) is 69.8 Å². The Morgan fingerprint density at radius 1 is 0.931 bits per heavy atom. The van der Waals surface area contributed by atoms with Crippen LogP contribution in [0.5, 0.6) is 0 Å². The van der Waals surface area contributed by atoms with Gasteiger partial charge in [-0.1, -0.05) is 48.4 Å². The van der Waals surface area contributed by atoms with E-state index in [0.717, 1.165) is 11.6 Å². The number of ether oxygens (including phenoxy) is 1. The number of anilines is 1. The Morgan fingerprint density at radius 3 is 2.43 bits per heavy atom. The minimum atomic E-state index is -1.52. The van der Waals surface area contributed by atoms with Crippen LogP contribution in [0.4, 0.5) is 14.9 Å². The zero-order valence-corrected chi connectivity index (χ0v) is 33.7. The molecular weight excluding hydrogens is 775 g/mol. The molecule has 4 N–H and O–H groups in total. The summed E-state index contributed by atoms with van der Waals surface area (Å²) in [6.45, 7) is 5.87. The minimum absolute atomic E-state index is 0.0440. The summed E-state index contributed by atoms with van der Waals surface area (Å²) in [6, 6.07) is 3.14. The van der Waals surface area contributed by atoms with E-state index in [1.54, 1.807) is 12.1 Å². The van der Waals surface area contributed by atoms with Gasteiger partial charge >= 0.3 is 12.0 Å². The van der Waals surface area contributed by atoms with Crippen molar-refractivity contribution in [3.05, 3.63) is 64.4 Å². The van der Waals surface area contributed by atoms with Crippen LogP contribution in [0.25, 0.3) is 0 Å². The molecule has 0 aromatic heterocycles. The van der Waals surface area contributed by atoms with Gasteiger partial charge in [0, 0.05) is 44.2 Å². The highest BCUT2D eigenvalue weighted by atomic mass is 35.5. The highest BCUT2D eigenvalue weighted by molar-refractivity contribution is 6.30. The number of carbonyl (C=O) groups excluding carboxylic acids is 7. The van der Waals surface area contributed by atoms with E-state index in [-0.39, 0.29) is 62.1 Å². The van der Waals surface area contributed by atoms with E-state index in [0.29, 0.717) is 18.5 Å². The van der Waals surface area contributed by atoms with Crippen LogP contribution in [0.1, 0.15) is 44.2 Å². The number of halogens is 2. The number of hydrogen-bond donors (Lipinski definition) is 4. The predicted octanol–water partition coefficient (Wildman–Crippen LogP) is 1.44. The summed E-state index contributed by atoms with van der Waals surface area (Å²) in [4.78, 5) is 104. The molecule has 312 valence electrons. The van der Waals surface area contributed by atoms with Gasteiger partial charge in [0.05, 0.1) is 5.69 Å². The van der Waals surface area contributed by atoms with Gasteiger partial charge in [-0.3, -0.25) is 24.0 Å². The van der Waals surface area contributed by atoms with Crippen LogP contribution < -0.4 is 21.3 Å². The Balaban J connectivity index is 1.31. The monoisotopic (exact) mass is 824 g/mol. The normalized spacial score (nSPS) is 26.6. The molecule has 4 saturated heterocycles. The molecule has 2 aromatic carbocycles. The number of likely N-dealkylation sites (N-methyl/N-ethyl adjacent to an activating group) is 1. The Morgan fingerprint density at radius 2 is 1.69 bits per heavy atom. The number of nitrogens with zero attached hydrogens (tertiary/aromatic N) is 4. The number of hydrogen-bond acceptors (Lipinski definition) is 9. The Labute approximate surface area is 341 Å². The fourth-order valence-corrected chi connectivity index (χ4v) is 8.28. The van der Waals surface area contributed by atoms with Gasteiger partial charge in [-0.15, -0.1) is 0 Å². The molecule has 4 heterocycles. The van der Waals surface area contributed by atoms with Crippen molar-refractivity contribution >= 4 is 58.8 Å². The number of benzene rings is 2. The first-order valence-corrected chi connectivity index (χ1v) is 19.9. The average Bonchev–Trinajstić information content (AvgIpc) is 3.83. The highest BCUT2D eigenvalue weighted by Gasteiger charge is 2.46. The van der Waals surface area contributed by atoms with Crippen molar-refractivity contribution < 1.29 is 42.7 Å². The van der Waals surface area contributed by atoms with Crippen LogP contribution in [-0.4, -0.2) is 144 Å². The number of fused-ring (bicyclic) bond motifs is 3. The highest BCUT2D eigenvalue weighted by Crippen LogP contribution is 2.27. The topological polar surface area (TPSA) is 190 Å². The fourth-order valence-electron chi connectivity index (χ4n) is 8.12. The van der Waals surface area contributed by atoms with E-state index >= 15 is 0 Å². The third kappa shape index (κ3) is 9.69. The molecule has 0 radical (unpaired) electrons. The number of cyclic esters (lactones) is 1. The van der Waals surface area contributed by atoms with E-state index < -0.39 is 90.2 Å². The number of urea groups is 1. The van der Waals surface area contributed by atoms with E-state index in [2.05, 4.69) is 21.3 Å². The molecule has 0 spiro atoms. The zero-order valence-electron chi connectivity index (χ0n) is 33.0. The van der Waals surface area contributed by atoms with Gasteiger partial charge in [0.25, 0.3) is 0 Å². The van der Waals surface area contributed by atoms with Crippen LogP contribution in [0.2, 0.25) is 5.02 Å². The number of piperazine rings is 1. The molecule has 0 aliphatic carbocycles. The van der Waals surface area contributed by atoms with Crippen LogP contribution in [0.3, 0.4) is 0 Å². The molecule has 58 heavy (non-hydrogen) atoms. The van der Waals surface area contributed by atoms with Crippen molar-refractivity contribution in [3.63, 3.8) is 0 Å². The summed E-state index contributed by atoms with van der Waals surface area (Å²) >= 11 is 5.87. The summed E-state index contributed by atoms with van der Waals surface area (Å²) in [5.74, 6) is -4.71. The van der Waals surface area contributed by atoms with Crippen molar-refractivity contribution in [2.75, 3.05) is 51.7 Å². The van der Waals surface area contributed by atoms with Crippen LogP contribution in [0.15, 0.2) is 42.5 Å². The second-order valence-corrected chi connectivity index (χ2v) is 16.2. The summed E-state index contributed by atoms with van der Waals surface area (Å²) in [6.07, 6.45) is 0.963. The average molecular weight is 825 g/mol. The van der Waals surface area contributed by atoms with Gasteiger partial charge in [0.1, 0.15) is 48.7 Å². The number of aryl methyl sites for hydroxylation is 1. The third-order valence-corrected chi connectivity index (χ3v) is 11.4. The Hall–Kier alpha value is -5.29. The van der Waals surface area contributed by atoms with Gasteiger partial charge in [0.15, 0.2) is 0 Å². The smallest absolute Gasteiger partial charge is 0.328 e. The van der Waals surface area contributed by atoms with Crippen molar-refractivity contribution in [1.29, 1.82) is 0 Å². The number of carbonyl (C=O) groups is 7. The lowest BCUT2D eigenvalue weighted by Gasteiger charge is -2.42. The van der Waals surface area contributed by atoms with E-state index in [1.807, 2.05) is 37.9 Å². The summed E-state index contributed by atoms with van der Waals surface area (Å²) in [7, 11) is 1.82. The van der Waals surface area contributed by atoms with Gasteiger partial charge in [0.2, 0.25) is 29.5 Å². The maximum absolute atomic E-state index is 14.6. The van der Waals surface area contributed by atoms with Crippen LogP contribution >= 0.6 is 11.6 Å². The van der Waals surface area contributed by atoms with Crippen LogP contribution in [0, 0.1) is 18.7 Å². The molecule has 0 saturated carbocycles. The second kappa shape index (κ2) is 18.1. The van der Waals surface area contributed by atoms with Gasteiger partial charge in [-0.25, -0.2) is 14.0 Å². The van der Waals surface area contributed by atoms with Crippen LogP contribution in [-0.2, 0) is 39.9 Å². The predicted molar refractivity (Wildman–Crippen MR) is 210 cm³/mol. The maximum Gasteiger partial charge on any atom is 0.328 e. The largest absolute Gasteiger partial charge is 0.461 e. The molecule has 4 aliphatic heterocycles. The van der Waals surface area contributed by atoms with Gasteiger partial charge < -0.3 is 45.6 Å². The summed E-state index contributed by atoms with van der Waals surface area (Å²) in [5, 5.41) is 10.5. The van der Waals surface area contributed by atoms with E-state index in [4.69, 9.17) is 16.3 Å². The van der Waals surface area contributed by atoms with Crippen molar-refractivity contribution in [2.45, 2.75) is 82.7 Å². The van der Waals surface area contributed by atoms with E-state index in [9.17, 15) is 38.0 Å². The second-order valence-electron chi connectivity index (χ2n) is 15.7. The number of rotatable bonds is 6. The quantitative estimate of drug-likeness (QED) is 0.313. The summed E-state index contributed by atoms with van der Waals surface area (Å²) in [5.41, 5.74) is 1.36. The molecule has 4 fully saturated rings. The molecule has 6 rings (SSSR count). The van der Waals surface area contributed by atoms with Crippen molar-refractivity contribution in [3.8, 4) is 0 Å². The Kier molecular flexibility index (Phi) is 13.2. The number of esters is 1. The minimum Gasteiger partial charge on any atom is -0.461 e. The first-order valence-electron chi connectivity index (χ1n) is 19.5. The van der Waals surface area contributed by atoms with Gasteiger partial charge in [-0.2, -0.15) is 0 Å². The third-order valence-electron chi connectivity index (χ3n) is 11.1. The lowest BCUT2D eigenvalue weighted by atomic mass is 10.0.